The van der Waals surface area contributed by atoms with E-state index in [1.807, 2.05) is 0 Å². The minimum atomic E-state index is -0.751. The predicted octanol–water partition coefficient (Wildman–Crippen LogP) is 3.01. The monoisotopic (exact) mass is 358 g/mol. The first kappa shape index (κ1) is 18.0. The van der Waals surface area contributed by atoms with E-state index in [2.05, 4.69) is 4.90 Å². The SMILES string of the molecule is O=C(O)CCCCN1CCN(C(=O)c2cccc(Cl)c2Cl)CC1. The maximum atomic E-state index is 12.5. The smallest absolute Gasteiger partial charge is 0.303 e. The third-order valence-electron chi connectivity index (χ3n) is 3.96. The number of aliphatic carboxylic acids is 1. The van der Waals surface area contributed by atoms with Gasteiger partial charge in [0.2, 0.25) is 0 Å². The number of piperazine rings is 1. The van der Waals surface area contributed by atoms with E-state index in [1.54, 1.807) is 23.1 Å². The average Bonchev–Trinajstić information content (AvgIpc) is 2.54. The zero-order valence-corrected chi connectivity index (χ0v) is 14.3. The van der Waals surface area contributed by atoms with Gasteiger partial charge in [0.1, 0.15) is 0 Å². The molecular formula is C16H20Cl2N2O3. The molecule has 1 saturated heterocycles. The number of halogens is 2. The fourth-order valence-corrected chi connectivity index (χ4v) is 3.01. The van der Waals surface area contributed by atoms with Crippen LogP contribution in [0.2, 0.25) is 10.0 Å². The summed E-state index contributed by atoms with van der Waals surface area (Å²) in [5, 5.41) is 9.30. The quantitative estimate of drug-likeness (QED) is 0.794. The second-order valence-corrected chi connectivity index (χ2v) is 6.37. The Balaban J connectivity index is 1.81. The normalized spacial score (nSPS) is 15.7. The molecule has 1 aliphatic rings. The Bertz CT molecular complexity index is 572. The van der Waals surface area contributed by atoms with Gasteiger partial charge in [0.25, 0.3) is 5.91 Å². The largest absolute Gasteiger partial charge is 0.481 e. The second kappa shape index (κ2) is 8.52. The number of carboxylic acids is 1. The van der Waals surface area contributed by atoms with E-state index < -0.39 is 5.97 Å². The van der Waals surface area contributed by atoms with Gasteiger partial charge < -0.3 is 10.0 Å². The number of carbonyl (C=O) groups is 2. The lowest BCUT2D eigenvalue weighted by Crippen LogP contribution is -2.48. The van der Waals surface area contributed by atoms with E-state index in [1.165, 1.54) is 0 Å². The molecule has 1 heterocycles. The van der Waals surface area contributed by atoms with Gasteiger partial charge in [-0.15, -0.1) is 0 Å². The molecular weight excluding hydrogens is 339 g/mol. The van der Waals surface area contributed by atoms with Crippen LogP contribution in [0.5, 0.6) is 0 Å². The Hall–Kier alpha value is -1.30. The van der Waals surface area contributed by atoms with Crippen LogP contribution in [0.4, 0.5) is 0 Å². The molecule has 0 saturated carbocycles. The van der Waals surface area contributed by atoms with Crippen molar-refractivity contribution in [2.45, 2.75) is 19.3 Å². The molecule has 0 unspecified atom stereocenters. The van der Waals surface area contributed by atoms with Crippen LogP contribution in [0, 0.1) is 0 Å². The van der Waals surface area contributed by atoms with Gasteiger partial charge in [0.05, 0.1) is 15.6 Å². The summed E-state index contributed by atoms with van der Waals surface area (Å²) in [5.74, 6) is -0.846. The highest BCUT2D eigenvalue weighted by molar-refractivity contribution is 6.43. The maximum absolute atomic E-state index is 12.5. The molecule has 1 amide bonds. The summed E-state index contributed by atoms with van der Waals surface area (Å²) in [6.07, 6.45) is 1.76. The van der Waals surface area contributed by atoms with Crippen LogP contribution in [-0.2, 0) is 4.79 Å². The molecule has 0 bridgehead atoms. The van der Waals surface area contributed by atoms with Crippen LogP contribution < -0.4 is 0 Å². The van der Waals surface area contributed by atoms with Crippen LogP contribution in [0.15, 0.2) is 18.2 Å². The Morgan fingerprint density at radius 2 is 1.78 bits per heavy atom. The third-order valence-corrected chi connectivity index (χ3v) is 4.78. The molecule has 0 radical (unpaired) electrons. The van der Waals surface area contributed by atoms with E-state index in [9.17, 15) is 9.59 Å². The molecule has 0 spiro atoms. The molecule has 1 aromatic carbocycles. The highest BCUT2D eigenvalue weighted by Gasteiger charge is 2.23. The zero-order valence-electron chi connectivity index (χ0n) is 12.8. The van der Waals surface area contributed by atoms with Crippen molar-refractivity contribution in [3.05, 3.63) is 33.8 Å². The molecule has 1 aliphatic heterocycles. The standard InChI is InChI=1S/C16H20Cl2N2O3/c17-13-5-3-4-12(15(13)18)16(23)20-10-8-19(9-11-20)7-2-1-6-14(21)22/h3-5H,1-2,6-11H2,(H,21,22). The zero-order chi connectivity index (χ0) is 16.8. The Morgan fingerprint density at radius 3 is 2.43 bits per heavy atom. The van der Waals surface area contributed by atoms with E-state index in [-0.39, 0.29) is 12.3 Å². The van der Waals surface area contributed by atoms with Crippen LogP contribution in [0.3, 0.4) is 0 Å². The average molecular weight is 359 g/mol. The Labute approximate surface area is 145 Å². The number of hydrogen-bond donors (Lipinski definition) is 1. The van der Waals surface area contributed by atoms with Crippen molar-refractivity contribution in [2.75, 3.05) is 32.7 Å². The lowest BCUT2D eigenvalue weighted by molar-refractivity contribution is -0.137. The van der Waals surface area contributed by atoms with Crippen molar-refractivity contribution in [3.63, 3.8) is 0 Å². The van der Waals surface area contributed by atoms with Crippen molar-refractivity contribution in [1.29, 1.82) is 0 Å². The van der Waals surface area contributed by atoms with Crippen molar-refractivity contribution in [3.8, 4) is 0 Å². The van der Waals surface area contributed by atoms with Gasteiger partial charge in [-0.25, -0.2) is 0 Å². The second-order valence-electron chi connectivity index (χ2n) is 5.59. The fourth-order valence-electron chi connectivity index (χ4n) is 2.63. The summed E-state index contributed by atoms with van der Waals surface area (Å²) in [5.41, 5.74) is 0.439. The third kappa shape index (κ3) is 5.09. The van der Waals surface area contributed by atoms with Gasteiger partial charge in [-0.05, 0) is 31.5 Å². The molecule has 23 heavy (non-hydrogen) atoms. The van der Waals surface area contributed by atoms with Crippen molar-refractivity contribution < 1.29 is 14.7 Å². The summed E-state index contributed by atoms with van der Waals surface area (Å²) in [6.45, 7) is 3.72. The highest BCUT2D eigenvalue weighted by Crippen LogP contribution is 2.26. The summed E-state index contributed by atoms with van der Waals surface area (Å²) in [4.78, 5) is 27.0. The van der Waals surface area contributed by atoms with Gasteiger partial charge in [-0.2, -0.15) is 0 Å². The van der Waals surface area contributed by atoms with Crippen LogP contribution in [0.1, 0.15) is 29.6 Å². The van der Waals surface area contributed by atoms with E-state index >= 15 is 0 Å². The van der Waals surface area contributed by atoms with Crippen molar-refractivity contribution in [1.82, 2.24) is 9.80 Å². The number of carbonyl (C=O) groups excluding carboxylic acids is 1. The number of nitrogens with zero attached hydrogens (tertiary/aromatic N) is 2. The number of benzene rings is 1. The molecule has 2 rings (SSSR count). The molecule has 7 heteroatoms. The fraction of sp³-hybridized carbons (Fsp3) is 0.500. The first-order valence-electron chi connectivity index (χ1n) is 7.66. The number of amides is 1. The molecule has 1 fully saturated rings. The van der Waals surface area contributed by atoms with Gasteiger partial charge in [-0.1, -0.05) is 29.3 Å². The molecule has 0 atom stereocenters. The molecule has 0 aliphatic carbocycles. The molecule has 0 aromatic heterocycles. The predicted molar refractivity (Wildman–Crippen MR) is 90.3 cm³/mol. The summed E-state index contributed by atoms with van der Waals surface area (Å²) in [7, 11) is 0. The summed E-state index contributed by atoms with van der Waals surface area (Å²) >= 11 is 12.1. The lowest BCUT2D eigenvalue weighted by Gasteiger charge is -2.35. The highest BCUT2D eigenvalue weighted by atomic mass is 35.5. The van der Waals surface area contributed by atoms with Crippen LogP contribution in [0.25, 0.3) is 0 Å². The van der Waals surface area contributed by atoms with Gasteiger partial charge in [0.15, 0.2) is 0 Å². The van der Waals surface area contributed by atoms with E-state index in [4.69, 9.17) is 28.3 Å². The number of rotatable bonds is 6. The van der Waals surface area contributed by atoms with Crippen LogP contribution in [-0.4, -0.2) is 59.5 Å². The Morgan fingerprint density at radius 1 is 1.09 bits per heavy atom. The van der Waals surface area contributed by atoms with Gasteiger partial charge >= 0.3 is 5.97 Å². The molecule has 5 nitrogen and oxygen atoms in total. The van der Waals surface area contributed by atoms with Gasteiger partial charge in [0, 0.05) is 32.6 Å². The van der Waals surface area contributed by atoms with Crippen LogP contribution >= 0.6 is 23.2 Å². The first-order chi connectivity index (χ1) is 11.0. The van der Waals surface area contributed by atoms with Crippen molar-refractivity contribution in [2.24, 2.45) is 0 Å². The minimum Gasteiger partial charge on any atom is -0.481 e. The topological polar surface area (TPSA) is 60.9 Å². The summed E-state index contributed by atoms with van der Waals surface area (Å²) in [6, 6.07) is 5.07. The van der Waals surface area contributed by atoms with Gasteiger partial charge in [-0.3, -0.25) is 14.5 Å². The maximum Gasteiger partial charge on any atom is 0.303 e. The first-order valence-corrected chi connectivity index (χ1v) is 8.42. The molecule has 1 N–H and O–H groups in total. The lowest BCUT2D eigenvalue weighted by atomic mass is 10.1. The number of hydrogen-bond acceptors (Lipinski definition) is 3. The summed E-state index contributed by atoms with van der Waals surface area (Å²) < 4.78 is 0. The molecule has 1 aromatic rings. The number of carboxylic acid groups (broad SMARTS) is 1. The Kier molecular flexibility index (Phi) is 6.69. The molecule has 126 valence electrons. The van der Waals surface area contributed by atoms with E-state index in [0.29, 0.717) is 35.1 Å². The van der Waals surface area contributed by atoms with Crippen molar-refractivity contribution >= 4 is 35.1 Å². The minimum absolute atomic E-state index is 0.0944. The number of unbranched alkanes of at least 4 members (excludes halogenated alkanes) is 1. The van der Waals surface area contributed by atoms with E-state index in [0.717, 1.165) is 26.1 Å².